The monoisotopic (exact) mass is 739 g/mol. The van der Waals surface area contributed by atoms with Gasteiger partial charge in [-0.2, -0.15) is 0 Å². The van der Waals surface area contributed by atoms with Crippen molar-refractivity contribution in [1.29, 1.82) is 0 Å². The Hall–Kier alpha value is -4.92. The van der Waals surface area contributed by atoms with E-state index in [1.54, 1.807) is 0 Å². The number of allylic oxidation sites excluding steroid dienone is 6. The van der Waals surface area contributed by atoms with Gasteiger partial charge < -0.3 is 29.8 Å². The number of imidazole rings is 1. The molecule has 3 N–H and O–H groups in total. The number of unbranched alkanes of at least 4 members (excludes halogenated alkanes) is 1. The minimum atomic E-state index is 0.134. The average Bonchev–Trinajstić information content (AvgIpc) is 3.59. The highest BCUT2D eigenvalue weighted by atomic mass is 32.2. The summed E-state index contributed by atoms with van der Waals surface area (Å²) in [6.45, 7) is 3.42. The fourth-order valence-corrected chi connectivity index (χ4v) is 8.61. The first kappa shape index (κ1) is 36.4. The van der Waals surface area contributed by atoms with Crippen LogP contribution in [0, 0.1) is 10.7 Å². The second-order valence-corrected chi connectivity index (χ2v) is 15.3. The molecule has 0 radical (unpaired) electrons. The number of nitrogens with zero attached hydrogens (tertiary/aromatic N) is 2. The molecule has 6 atom stereocenters. The Kier molecular flexibility index (Phi) is 12.2. The van der Waals surface area contributed by atoms with Gasteiger partial charge in [-0.05, 0) is 67.0 Å². The topological polar surface area (TPSA) is 57.2 Å². The predicted octanol–water partition coefficient (Wildman–Crippen LogP) is 10.5. The Balaban J connectivity index is 0.000000114. The SMILES string of the molecule is C1=CC2Cc3ccccc3NC2C=C1.C1=CC2Nc3ccccc3OC2C=C1.CCCCN1c2ccccc2SC2C=CC=CC21.Cn1cc[nH]c1=S. The fourth-order valence-electron chi connectivity index (χ4n) is 7.17. The van der Waals surface area contributed by atoms with Crippen molar-refractivity contribution in [3.8, 4) is 5.75 Å². The summed E-state index contributed by atoms with van der Waals surface area (Å²) in [6, 6.07) is 26.7. The maximum atomic E-state index is 5.84. The third kappa shape index (κ3) is 9.00. The van der Waals surface area contributed by atoms with Gasteiger partial charge in [0.05, 0.1) is 34.8 Å². The van der Waals surface area contributed by atoms with Gasteiger partial charge in [-0.25, -0.2) is 0 Å². The van der Waals surface area contributed by atoms with E-state index >= 15 is 0 Å². The van der Waals surface area contributed by atoms with Crippen molar-refractivity contribution in [2.45, 2.75) is 60.6 Å². The highest BCUT2D eigenvalue weighted by molar-refractivity contribution is 8.00. The number of anilines is 3. The number of hydrogen-bond acceptors (Lipinski definition) is 6. The van der Waals surface area contributed by atoms with E-state index in [1.165, 1.54) is 34.7 Å². The Morgan fingerprint density at radius 3 is 2.28 bits per heavy atom. The molecule has 8 heteroatoms. The molecule has 6 unspecified atom stereocenters. The molecule has 3 aliphatic carbocycles. The Morgan fingerprint density at radius 1 is 0.774 bits per heavy atom. The lowest BCUT2D eigenvalue weighted by Crippen LogP contribution is -2.44. The van der Waals surface area contributed by atoms with E-state index < -0.39 is 0 Å². The van der Waals surface area contributed by atoms with Crippen LogP contribution in [0.2, 0.25) is 0 Å². The number of hydrogen-bond donors (Lipinski definition) is 3. The number of rotatable bonds is 3. The van der Waals surface area contributed by atoms with Crippen molar-refractivity contribution in [2.75, 3.05) is 22.1 Å². The van der Waals surface area contributed by atoms with Crippen LogP contribution in [0.15, 0.2) is 163 Å². The minimum absolute atomic E-state index is 0.134. The van der Waals surface area contributed by atoms with Gasteiger partial charge in [0.15, 0.2) is 4.77 Å². The molecule has 3 aromatic carbocycles. The lowest BCUT2D eigenvalue weighted by molar-refractivity contribution is 0.229. The number of para-hydroxylation sites is 4. The Labute approximate surface area is 323 Å². The van der Waals surface area contributed by atoms with Crippen LogP contribution in [0.3, 0.4) is 0 Å². The van der Waals surface area contributed by atoms with E-state index in [0.717, 1.165) is 29.2 Å². The zero-order chi connectivity index (χ0) is 36.4. The van der Waals surface area contributed by atoms with Crippen molar-refractivity contribution in [3.63, 3.8) is 0 Å². The number of nitrogens with one attached hydrogen (secondary N) is 3. The van der Waals surface area contributed by atoms with E-state index in [4.69, 9.17) is 17.0 Å². The normalized spacial score (nSPS) is 24.2. The molecule has 10 rings (SSSR count). The molecule has 0 fully saturated rings. The van der Waals surface area contributed by atoms with E-state index in [9.17, 15) is 0 Å². The van der Waals surface area contributed by atoms with E-state index in [1.807, 2.05) is 72.2 Å². The van der Waals surface area contributed by atoms with Crippen molar-refractivity contribution >= 4 is 41.0 Å². The summed E-state index contributed by atoms with van der Waals surface area (Å²) < 4.78 is 8.44. The van der Waals surface area contributed by atoms with Crippen molar-refractivity contribution in [2.24, 2.45) is 13.0 Å². The first-order valence-electron chi connectivity index (χ1n) is 18.7. The number of thioether (sulfide) groups is 1. The molecule has 0 saturated heterocycles. The largest absolute Gasteiger partial charge is 0.482 e. The molecule has 0 spiro atoms. The van der Waals surface area contributed by atoms with Crippen LogP contribution in [-0.4, -0.2) is 45.6 Å². The minimum Gasteiger partial charge on any atom is -0.482 e. The van der Waals surface area contributed by atoms with E-state index in [2.05, 4.69) is 137 Å². The molecular formula is C45H49N5OS2. The number of aromatic amines is 1. The molecule has 6 aliphatic rings. The smallest absolute Gasteiger partial charge is 0.176 e. The lowest BCUT2D eigenvalue weighted by Gasteiger charge is -2.42. The van der Waals surface area contributed by atoms with Gasteiger partial charge in [-0.1, -0.05) is 123 Å². The summed E-state index contributed by atoms with van der Waals surface area (Å²) in [5.74, 6) is 1.57. The maximum Gasteiger partial charge on any atom is 0.176 e. The number of H-pyrrole nitrogens is 1. The highest BCUT2D eigenvalue weighted by Gasteiger charge is 2.32. The second-order valence-electron chi connectivity index (χ2n) is 13.7. The van der Waals surface area contributed by atoms with E-state index in [0.29, 0.717) is 23.3 Å². The van der Waals surface area contributed by atoms with Gasteiger partial charge in [-0.3, -0.25) is 0 Å². The van der Waals surface area contributed by atoms with Crippen LogP contribution in [0.5, 0.6) is 5.75 Å². The number of ether oxygens (including phenoxy) is 1. The molecular weight excluding hydrogens is 691 g/mol. The summed E-state index contributed by atoms with van der Waals surface area (Å²) in [7, 11) is 1.90. The van der Waals surface area contributed by atoms with Crippen LogP contribution in [0.25, 0.3) is 0 Å². The number of benzene rings is 3. The van der Waals surface area contributed by atoms with Crippen LogP contribution < -0.4 is 20.3 Å². The summed E-state index contributed by atoms with van der Waals surface area (Å²) in [4.78, 5) is 6.86. The first-order chi connectivity index (χ1) is 26.1. The van der Waals surface area contributed by atoms with Gasteiger partial charge >= 0.3 is 0 Å². The summed E-state index contributed by atoms with van der Waals surface area (Å²) >= 11 is 6.79. The zero-order valence-electron chi connectivity index (χ0n) is 30.4. The molecule has 0 bridgehead atoms. The standard InChI is InChI=1S/C16H19NS.C13H13N.C12H11NO.C4H6N2S/c1-2-3-12-17-13-8-4-6-10-15(13)18-16-11-7-5-9-14(16)17;1-3-7-12-10(5-1)9-11-6-2-4-8-13(11)14-12;1-3-7-11-9(5-1)13-10-6-2-4-8-12(10)14-11;1-6-3-2-5-4(6)7/h4-11,13,15H,2-3,12H2,1H3;1-8,10,12,14H,9H2;1-9,11,13H;2-3H,1H3,(H,5,7). The quantitative estimate of drug-likeness (QED) is 0.182. The molecule has 0 amide bonds. The van der Waals surface area contributed by atoms with Crippen LogP contribution >= 0.6 is 24.0 Å². The van der Waals surface area contributed by atoms with Gasteiger partial charge in [0.1, 0.15) is 11.9 Å². The van der Waals surface area contributed by atoms with Crippen molar-refractivity contribution in [3.05, 3.63) is 168 Å². The number of aromatic nitrogens is 2. The summed E-state index contributed by atoms with van der Waals surface area (Å²) in [5.41, 5.74) is 5.23. The average molecular weight is 740 g/mol. The molecule has 1 aromatic heterocycles. The third-order valence-electron chi connectivity index (χ3n) is 10.0. The van der Waals surface area contributed by atoms with E-state index in [-0.39, 0.29) is 12.1 Å². The van der Waals surface area contributed by atoms with Crippen LogP contribution in [-0.2, 0) is 13.5 Å². The predicted molar refractivity (Wildman–Crippen MR) is 227 cm³/mol. The second kappa shape index (κ2) is 17.7. The Bertz CT molecular complexity index is 1910. The maximum absolute atomic E-state index is 5.84. The molecule has 272 valence electrons. The molecule has 6 nitrogen and oxygen atoms in total. The van der Waals surface area contributed by atoms with Crippen LogP contribution in [0.4, 0.5) is 17.1 Å². The van der Waals surface area contributed by atoms with Gasteiger partial charge in [0.2, 0.25) is 0 Å². The zero-order valence-corrected chi connectivity index (χ0v) is 32.1. The van der Waals surface area contributed by atoms with Gasteiger partial charge in [0, 0.05) is 42.5 Å². The fraction of sp³-hybridized carbons (Fsp3) is 0.267. The summed E-state index contributed by atoms with van der Waals surface area (Å²) in [6.07, 6.45) is 33.7. The summed E-state index contributed by atoms with van der Waals surface area (Å²) in [5, 5.41) is 7.57. The highest BCUT2D eigenvalue weighted by Crippen LogP contribution is 2.43. The van der Waals surface area contributed by atoms with Gasteiger partial charge in [-0.15, -0.1) is 11.8 Å². The molecule has 53 heavy (non-hydrogen) atoms. The molecule has 0 saturated carbocycles. The molecule has 4 aromatic rings. The first-order valence-corrected chi connectivity index (χ1v) is 20.0. The Morgan fingerprint density at radius 2 is 1.47 bits per heavy atom. The number of fused-ring (bicyclic) bond motifs is 6. The van der Waals surface area contributed by atoms with Crippen molar-refractivity contribution < 1.29 is 4.74 Å². The molecule has 3 aliphatic heterocycles. The van der Waals surface area contributed by atoms with Crippen LogP contribution in [0.1, 0.15) is 25.3 Å². The van der Waals surface area contributed by atoms with Crippen molar-refractivity contribution in [1.82, 2.24) is 9.55 Å². The molecule has 4 heterocycles. The van der Waals surface area contributed by atoms with Gasteiger partial charge in [0.25, 0.3) is 0 Å². The number of aryl methyl sites for hydroxylation is 1. The third-order valence-corrected chi connectivity index (χ3v) is 11.7. The lowest BCUT2D eigenvalue weighted by atomic mass is 9.85.